The van der Waals surface area contributed by atoms with Crippen LogP contribution in [0.15, 0.2) is 109 Å². The van der Waals surface area contributed by atoms with Gasteiger partial charge in [-0.25, -0.2) is 0 Å². The van der Waals surface area contributed by atoms with E-state index in [0.29, 0.717) is 37.6 Å². The quantitative estimate of drug-likeness (QED) is 0.307. The van der Waals surface area contributed by atoms with Crippen LogP contribution >= 0.6 is 0 Å². The van der Waals surface area contributed by atoms with Gasteiger partial charge in [-0.1, -0.05) is 60.7 Å². The molecule has 0 saturated carbocycles. The maximum atomic E-state index is 12.5. The monoisotopic (exact) mass is 550 g/mol. The van der Waals surface area contributed by atoms with Crippen LogP contribution in [0.25, 0.3) is 0 Å². The lowest BCUT2D eigenvalue weighted by Gasteiger charge is -2.43. The fourth-order valence-corrected chi connectivity index (χ4v) is 4.77. The Bertz CT molecular complexity index is 1340. The number of hydrogen-bond acceptors (Lipinski definition) is 6. The maximum absolute atomic E-state index is 12.5. The van der Waals surface area contributed by atoms with Gasteiger partial charge in [0.15, 0.2) is 12.6 Å². The summed E-state index contributed by atoms with van der Waals surface area (Å²) in [4.78, 5) is 25.1. The summed E-state index contributed by atoms with van der Waals surface area (Å²) in [6.07, 6.45) is -1.06. The fourth-order valence-electron chi connectivity index (χ4n) is 4.77. The molecule has 0 unspecified atom stereocenters. The lowest BCUT2D eigenvalue weighted by molar-refractivity contribution is -0.307. The summed E-state index contributed by atoms with van der Waals surface area (Å²) < 4.78 is 24.2. The van der Waals surface area contributed by atoms with Crippen LogP contribution in [0.5, 0.6) is 0 Å². The fraction of sp³-hybridized carbons (Fsp3) is 0.212. The summed E-state index contributed by atoms with van der Waals surface area (Å²) in [5.74, 6) is -0.355. The van der Waals surface area contributed by atoms with E-state index in [0.717, 1.165) is 22.5 Å². The summed E-state index contributed by atoms with van der Waals surface area (Å²) >= 11 is 0. The van der Waals surface area contributed by atoms with Crippen molar-refractivity contribution in [2.75, 3.05) is 37.1 Å². The van der Waals surface area contributed by atoms with Crippen LogP contribution < -0.4 is 10.6 Å². The molecule has 0 aromatic heterocycles. The Morgan fingerprint density at radius 2 is 0.854 bits per heavy atom. The van der Waals surface area contributed by atoms with E-state index in [2.05, 4.69) is 10.6 Å². The van der Waals surface area contributed by atoms with Crippen molar-refractivity contribution in [2.45, 2.75) is 12.6 Å². The van der Waals surface area contributed by atoms with E-state index in [-0.39, 0.29) is 11.8 Å². The zero-order valence-corrected chi connectivity index (χ0v) is 22.3. The molecule has 6 rings (SSSR count). The predicted molar refractivity (Wildman–Crippen MR) is 153 cm³/mol. The van der Waals surface area contributed by atoms with E-state index in [4.69, 9.17) is 18.9 Å². The number of para-hydroxylation sites is 2. The van der Waals surface area contributed by atoms with Crippen molar-refractivity contribution in [3.05, 3.63) is 131 Å². The molecule has 2 fully saturated rings. The second-order valence-electron chi connectivity index (χ2n) is 10.3. The zero-order chi connectivity index (χ0) is 28.1. The summed E-state index contributed by atoms with van der Waals surface area (Å²) in [5.41, 5.74) is 3.86. The SMILES string of the molecule is O=C(Nc1ccccc1)c1ccc(C2OCC3(CO2)COC(c2ccc(C(=O)Nc4ccccc4)cc2)OC3)cc1. The van der Waals surface area contributed by atoms with Crippen molar-refractivity contribution in [3.8, 4) is 0 Å². The van der Waals surface area contributed by atoms with Gasteiger partial charge in [0.2, 0.25) is 0 Å². The van der Waals surface area contributed by atoms with E-state index in [9.17, 15) is 9.59 Å². The zero-order valence-electron chi connectivity index (χ0n) is 22.3. The standard InChI is InChI=1S/C33H30N2O6/c36-29(34-27-7-3-1-4-8-27)23-11-15-25(16-12-23)31-38-19-33(20-39-31)21-40-32(41-22-33)26-17-13-24(14-18-26)30(37)35-28-9-5-2-6-10-28/h1-18,31-32H,19-22H2,(H,34,36)(H,35,37). The number of amides is 2. The minimum Gasteiger partial charge on any atom is -0.348 e. The van der Waals surface area contributed by atoms with Crippen molar-refractivity contribution >= 4 is 23.2 Å². The first-order valence-corrected chi connectivity index (χ1v) is 13.5. The lowest BCUT2D eigenvalue weighted by Crippen LogP contribution is -2.49. The Morgan fingerprint density at radius 3 is 1.20 bits per heavy atom. The number of hydrogen-bond donors (Lipinski definition) is 2. The molecule has 2 aliphatic heterocycles. The minimum absolute atomic E-state index is 0.177. The summed E-state index contributed by atoms with van der Waals surface area (Å²) in [7, 11) is 0. The average molecular weight is 551 g/mol. The molecule has 2 N–H and O–H groups in total. The number of benzene rings is 4. The predicted octanol–water partition coefficient (Wildman–Crippen LogP) is 5.97. The molecule has 41 heavy (non-hydrogen) atoms. The van der Waals surface area contributed by atoms with Crippen LogP contribution in [-0.4, -0.2) is 38.2 Å². The number of carbonyl (C=O) groups is 2. The molecular weight excluding hydrogens is 520 g/mol. The van der Waals surface area contributed by atoms with Crippen LogP contribution in [0, 0.1) is 5.41 Å². The van der Waals surface area contributed by atoms with Crippen LogP contribution in [0.3, 0.4) is 0 Å². The Labute approximate surface area is 238 Å². The van der Waals surface area contributed by atoms with Crippen molar-refractivity contribution in [3.63, 3.8) is 0 Å². The first kappa shape index (κ1) is 26.9. The molecule has 0 bridgehead atoms. The van der Waals surface area contributed by atoms with Crippen LogP contribution in [0.1, 0.15) is 44.4 Å². The molecule has 1 spiro atoms. The number of carbonyl (C=O) groups excluding carboxylic acids is 2. The van der Waals surface area contributed by atoms with Crippen molar-refractivity contribution in [1.82, 2.24) is 0 Å². The first-order valence-electron chi connectivity index (χ1n) is 13.5. The first-order chi connectivity index (χ1) is 20.1. The smallest absolute Gasteiger partial charge is 0.255 e. The van der Waals surface area contributed by atoms with Crippen LogP contribution in [-0.2, 0) is 18.9 Å². The lowest BCUT2D eigenvalue weighted by atomic mass is 9.90. The average Bonchev–Trinajstić information content (AvgIpc) is 3.03. The molecular formula is C33H30N2O6. The number of ether oxygens (including phenoxy) is 4. The van der Waals surface area contributed by atoms with Gasteiger partial charge in [0, 0.05) is 33.6 Å². The van der Waals surface area contributed by atoms with Gasteiger partial charge in [-0.3, -0.25) is 9.59 Å². The topological polar surface area (TPSA) is 95.1 Å². The van der Waals surface area contributed by atoms with Crippen molar-refractivity contribution in [2.24, 2.45) is 5.41 Å². The third-order valence-electron chi connectivity index (χ3n) is 7.12. The van der Waals surface area contributed by atoms with Gasteiger partial charge in [-0.05, 0) is 48.5 Å². The molecule has 208 valence electrons. The molecule has 2 heterocycles. The highest BCUT2D eigenvalue weighted by Crippen LogP contribution is 2.38. The summed E-state index contributed by atoms with van der Waals surface area (Å²) in [6.45, 7) is 1.66. The Hall–Kier alpha value is -4.34. The molecule has 0 aliphatic carbocycles. The molecule has 4 aromatic carbocycles. The highest BCUT2D eigenvalue weighted by molar-refractivity contribution is 6.04. The van der Waals surface area contributed by atoms with Crippen LogP contribution in [0.2, 0.25) is 0 Å². The van der Waals surface area contributed by atoms with E-state index >= 15 is 0 Å². The molecule has 0 radical (unpaired) electrons. The van der Waals surface area contributed by atoms with Crippen molar-refractivity contribution < 1.29 is 28.5 Å². The van der Waals surface area contributed by atoms with E-state index in [1.54, 1.807) is 24.3 Å². The van der Waals surface area contributed by atoms with E-state index < -0.39 is 18.0 Å². The molecule has 2 saturated heterocycles. The van der Waals surface area contributed by atoms with Gasteiger partial charge in [0.05, 0.1) is 31.8 Å². The number of anilines is 2. The van der Waals surface area contributed by atoms with Crippen LogP contribution in [0.4, 0.5) is 11.4 Å². The Kier molecular flexibility index (Phi) is 7.89. The molecule has 8 nitrogen and oxygen atoms in total. The highest BCUT2D eigenvalue weighted by Gasteiger charge is 2.42. The third kappa shape index (κ3) is 6.37. The summed E-state index contributed by atoms with van der Waals surface area (Å²) in [5, 5.41) is 5.76. The minimum atomic E-state index is -0.529. The Balaban J connectivity index is 0.986. The molecule has 8 heteroatoms. The van der Waals surface area contributed by atoms with Gasteiger partial charge >= 0.3 is 0 Å². The van der Waals surface area contributed by atoms with Gasteiger partial charge in [-0.15, -0.1) is 0 Å². The van der Waals surface area contributed by atoms with Gasteiger partial charge in [0.25, 0.3) is 11.8 Å². The largest absolute Gasteiger partial charge is 0.348 e. The maximum Gasteiger partial charge on any atom is 0.255 e. The molecule has 2 aliphatic rings. The second-order valence-corrected chi connectivity index (χ2v) is 10.3. The number of nitrogens with one attached hydrogen (secondary N) is 2. The van der Waals surface area contributed by atoms with Crippen molar-refractivity contribution in [1.29, 1.82) is 0 Å². The van der Waals surface area contributed by atoms with Gasteiger partial charge in [0.1, 0.15) is 0 Å². The van der Waals surface area contributed by atoms with E-state index in [1.807, 2.05) is 84.9 Å². The third-order valence-corrected chi connectivity index (χ3v) is 7.12. The molecule has 0 atom stereocenters. The summed E-state index contributed by atoms with van der Waals surface area (Å²) in [6, 6.07) is 33.1. The normalized spacial score (nSPS) is 22.1. The molecule has 2 amide bonds. The van der Waals surface area contributed by atoms with Gasteiger partial charge < -0.3 is 29.6 Å². The Morgan fingerprint density at radius 1 is 0.512 bits per heavy atom. The molecule has 4 aromatic rings. The highest BCUT2D eigenvalue weighted by atomic mass is 16.7. The number of rotatable bonds is 6. The van der Waals surface area contributed by atoms with E-state index in [1.165, 1.54) is 0 Å². The second kappa shape index (κ2) is 12.0. The van der Waals surface area contributed by atoms with Gasteiger partial charge in [-0.2, -0.15) is 0 Å².